The molecule has 0 aromatic rings. The van der Waals surface area contributed by atoms with Crippen LogP contribution >= 0.6 is 0 Å². The molecule has 1 saturated carbocycles. The number of hydrogen-bond donors (Lipinski definition) is 1. The highest BCUT2D eigenvalue weighted by atomic mass is 16.5. The topological polar surface area (TPSA) is 30.5 Å². The summed E-state index contributed by atoms with van der Waals surface area (Å²) in [6.07, 6.45) is 6.64. The first kappa shape index (κ1) is 12.3. The van der Waals surface area contributed by atoms with E-state index in [0.717, 1.165) is 38.7 Å². The van der Waals surface area contributed by atoms with E-state index in [1.54, 1.807) is 0 Å². The summed E-state index contributed by atoms with van der Waals surface area (Å²) in [6.45, 7) is 5.86. The number of nitrogens with one attached hydrogen (secondary N) is 1. The van der Waals surface area contributed by atoms with Gasteiger partial charge in [-0.15, -0.1) is 0 Å². The summed E-state index contributed by atoms with van der Waals surface area (Å²) in [5.41, 5.74) is 0. The highest BCUT2D eigenvalue weighted by molar-refractivity contribution is 4.81. The summed E-state index contributed by atoms with van der Waals surface area (Å²) in [6, 6.07) is 0.507. The first-order valence-corrected chi connectivity index (χ1v) is 6.83. The van der Waals surface area contributed by atoms with E-state index in [1.165, 1.54) is 25.7 Å². The highest BCUT2D eigenvalue weighted by Gasteiger charge is 2.27. The van der Waals surface area contributed by atoms with Crippen molar-refractivity contribution >= 4 is 0 Å². The second-order valence-electron chi connectivity index (χ2n) is 5.07. The molecule has 2 unspecified atom stereocenters. The van der Waals surface area contributed by atoms with Crippen molar-refractivity contribution in [1.29, 1.82) is 0 Å². The zero-order valence-corrected chi connectivity index (χ0v) is 10.4. The van der Waals surface area contributed by atoms with E-state index < -0.39 is 0 Å². The van der Waals surface area contributed by atoms with Crippen LogP contribution in [0.2, 0.25) is 0 Å². The molecule has 2 aliphatic rings. The lowest BCUT2D eigenvalue weighted by molar-refractivity contribution is -0.0699. The van der Waals surface area contributed by atoms with Gasteiger partial charge in [-0.05, 0) is 31.7 Å². The maximum Gasteiger partial charge on any atom is 0.0961 e. The fraction of sp³-hybridized carbons (Fsp3) is 1.00. The van der Waals surface area contributed by atoms with Crippen LogP contribution in [0.4, 0.5) is 0 Å². The van der Waals surface area contributed by atoms with Crippen molar-refractivity contribution in [1.82, 2.24) is 5.32 Å². The standard InChI is InChI=1S/C13H25NO2/c1-2-7-14-12-6-8-15-10-13(12)16-9-5-11-3-4-11/h11-14H,2-10H2,1H3. The Labute approximate surface area is 98.9 Å². The highest BCUT2D eigenvalue weighted by Crippen LogP contribution is 2.32. The van der Waals surface area contributed by atoms with Crippen molar-refractivity contribution in [2.75, 3.05) is 26.4 Å². The molecule has 3 nitrogen and oxygen atoms in total. The predicted octanol–water partition coefficient (Wildman–Crippen LogP) is 1.96. The third kappa shape index (κ3) is 4.04. The van der Waals surface area contributed by atoms with Crippen LogP contribution in [0.15, 0.2) is 0 Å². The van der Waals surface area contributed by atoms with Gasteiger partial charge in [-0.25, -0.2) is 0 Å². The quantitative estimate of drug-likeness (QED) is 0.721. The van der Waals surface area contributed by atoms with Gasteiger partial charge in [0.05, 0.1) is 12.7 Å². The third-order valence-electron chi connectivity index (χ3n) is 3.52. The summed E-state index contributed by atoms with van der Waals surface area (Å²) in [5.74, 6) is 0.964. The summed E-state index contributed by atoms with van der Waals surface area (Å²) in [7, 11) is 0. The van der Waals surface area contributed by atoms with Crippen molar-refractivity contribution in [3.05, 3.63) is 0 Å². The molecule has 1 heterocycles. The van der Waals surface area contributed by atoms with Crippen molar-refractivity contribution in [2.24, 2.45) is 5.92 Å². The average molecular weight is 227 g/mol. The predicted molar refractivity (Wildman–Crippen MR) is 64.6 cm³/mol. The molecular formula is C13H25NO2. The lowest BCUT2D eigenvalue weighted by Crippen LogP contribution is -2.48. The van der Waals surface area contributed by atoms with Gasteiger partial charge >= 0.3 is 0 Å². The van der Waals surface area contributed by atoms with Crippen molar-refractivity contribution in [3.63, 3.8) is 0 Å². The van der Waals surface area contributed by atoms with E-state index in [0.29, 0.717) is 6.04 Å². The van der Waals surface area contributed by atoms with Crippen molar-refractivity contribution in [2.45, 2.75) is 51.2 Å². The Hall–Kier alpha value is -0.120. The molecule has 0 aromatic carbocycles. The lowest BCUT2D eigenvalue weighted by Gasteiger charge is -2.32. The summed E-state index contributed by atoms with van der Waals surface area (Å²) < 4.78 is 11.5. The fourth-order valence-corrected chi connectivity index (χ4v) is 2.23. The minimum atomic E-state index is 0.277. The minimum absolute atomic E-state index is 0.277. The van der Waals surface area contributed by atoms with Gasteiger partial charge in [0.1, 0.15) is 0 Å². The number of hydrogen-bond acceptors (Lipinski definition) is 3. The third-order valence-corrected chi connectivity index (χ3v) is 3.52. The monoisotopic (exact) mass is 227 g/mol. The van der Waals surface area contributed by atoms with Crippen LogP contribution < -0.4 is 5.32 Å². The fourth-order valence-electron chi connectivity index (χ4n) is 2.23. The summed E-state index contributed by atoms with van der Waals surface area (Å²) in [4.78, 5) is 0. The largest absolute Gasteiger partial charge is 0.379 e. The van der Waals surface area contributed by atoms with Crippen LogP contribution in [0.25, 0.3) is 0 Å². The average Bonchev–Trinajstić information content (AvgIpc) is 3.12. The summed E-state index contributed by atoms with van der Waals surface area (Å²) >= 11 is 0. The Morgan fingerprint density at radius 2 is 2.19 bits per heavy atom. The Balaban J connectivity index is 1.65. The molecule has 0 spiro atoms. The van der Waals surface area contributed by atoms with Crippen LogP contribution in [-0.2, 0) is 9.47 Å². The summed E-state index contributed by atoms with van der Waals surface area (Å²) in [5, 5.41) is 3.57. The van der Waals surface area contributed by atoms with E-state index in [9.17, 15) is 0 Å². The van der Waals surface area contributed by atoms with E-state index in [1.807, 2.05) is 0 Å². The molecule has 16 heavy (non-hydrogen) atoms. The Morgan fingerprint density at radius 3 is 2.94 bits per heavy atom. The molecule has 1 saturated heterocycles. The smallest absolute Gasteiger partial charge is 0.0961 e. The van der Waals surface area contributed by atoms with Crippen LogP contribution in [0.3, 0.4) is 0 Å². The van der Waals surface area contributed by atoms with Gasteiger partial charge in [0.15, 0.2) is 0 Å². The van der Waals surface area contributed by atoms with Gasteiger partial charge in [0.2, 0.25) is 0 Å². The van der Waals surface area contributed by atoms with E-state index in [2.05, 4.69) is 12.2 Å². The zero-order chi connectivity index (χ0) is 11.2. The van der Waals surface area contributed by atoms with E-state index in [4.69, 9.17) is 9.47 Å². The molecule has 2 atom stereocenters. The van der Waals surface area contributed by atoms with Crippen LogP contribution in [0.5, 0.6) is 0 Å². The Kier molecular flexibility index (Phi) is 5.07. The molecule has 2 rings (SSSR count). The van der Waals surface area contributed by atoms with Crippen LogP contribution in [-0.4, -0.2) is 38.5 Å². The number of ether oxygens (including phenoxy) is 2. The Bertz CT molecular complexity index is 194. The van der Waals surface area contributed by atoms with Crippen molar-refractivity contribution in [3.8, 4) is 0 Å². The molecule has 94 valence electrons. The molecule has 1 N–H and O–H groups in total. The second-order valence-corrected chi connectivity index (χ2v) is 5.07. The first-order valence-electron chi connectivity index (χ1n) is 6.83. The molecule has 0 bridgehead atoms. The van der Waals surface area contributed by atoms with Gasteiger partial charge < -0.3 is 14.8 Å². The van der Waals surface area contributed by atoms with Gasteiger partial charge in [-0.1, -0.05) is 19.8 Å². The molecule has 0 radical (unpaired) electrons. The zero-order valence-electron chi connectivity index (χ0n) is 10.4. The lowest BCUT2D eigenvalue weighted by atomic mass is 10.1. The Morgan fingerprint density at radius 1 is 1.31 bits per heavy atom. The SMILES string of the molecule is CCCNC1CCOCC1OCCC1CC1. The molecular weight excluding hydrogens is 202 g/mol. The molecule has 0 aromatic heterocycles. The normalized spacial score (nSPS) is 30.6. The van der Waals surface area contributed by atoms with Crippen molar-refractivity contribution < 1.29 is 9.47 Å². The van der Waals surface area contributed by atoms with Gasteiger partial charge in [0, 0.05) is 19.3 Å². The maximum absolute atomic E-state index is 5.96. The van der Waals surface area contributed by atoms with Crippen LogP contribution in [0.1, 0.15) is 39.0 Å². The van der Waals surface area contributed by atoms with E-state index >= 15 is 0 Å². The van der Waals surface area contributed by atoms with Crippen LogP contribution in [0, 0.1) is 5.92 Å². The van der Waals surface area contributed by atoms with Gasteiger partial charge in [-0.2, -0.15) is 0 Å². The van der Waals surface area contributed by atoms with E-state index in [-0.39, 0.29) is 6.10 Å². The first-order chi connectivity index (χ1) is 7.90. The van der Waals surface area contributed by atoms with Gasteiger partial charge in [0.25, 0.3) is 0 Å². The molecule has 1 aliphatic carbocycles. The maximum atomic E-state index is 5.96. The van der Waals surface area contributed by atoms with Gasteiger partial charge in [-0.3, -0.25) is 0 Å². The second kappa shape index (κ2) is 6.58. The molecule has 1 aliphatic heterocycles. The number of rotatable bonds is 7. The molecule has 0 amide bonds. The molecule has 2 fully saturated rings. The minimum Gasteiger partial charge on any atom is -0.379 e. The molecule has 3 heteroatoms.